The van der Waals surface area contributed by atoms with E-state index in [1.165, 1.54) is 31.0 Å². The average Bonchev–Trinajstić information content (AvgIpc) is 2.64. The Morgan fingerprint density at radius 1 is 1.22 bits per heavy atom. The highest BCUT2D eigenvalue weighted by atomic mass is 19.1. The Balaban J connectivity index is 1.79. The molecule has 2 N–H and O–H groups in total. The van der Waals surface area contributed by atoms with E-state index in [2.05, 4.69) is 22.5 Å². The molecule has 1 aliphatic heterocycles. The molecule has 1 fully saturated rings. The van der Waals surface area contributed by atoms with Crippen LogP contribution in [-0.4, -0.2) is 48.9 Å². The number of halogens is 1. The van der Waals surface area contributed by atoms with Gasteiger partial charge < -0.3 is 15.5 Å². The number of hydrogen-bond donors (Lipinski definition) is 2. The Bertz CT molecular complexity index is 628. The number of piperidine rings is 1. The minimum absolute atomic E-state index is 0.0460. The summed E-state index contributed by atoms with van der Waals surface area (Å²) in [5.41, 5.74) is -0.0460. The standard InChI is InChI=1S/C21H32FN3O2/c1-15(2)19(24-20(26)17-7-4-5-8-18(17)22)21(27)23-11-6-12-25-13-9-16(3)10-14-25/h4-5,7-8,15-16,19H,6,9-14H2,1-3H3,(H,23,27)(H,24,26). The van der Waals surface area contributed by atoms with Gasteiger partial charge in [0, 0.05) is 6.54 Å². The molecule has 0 aromatic heterocycles. The molecule has 0 spiro atoms. The zero-order valence-corrected chi connectivity index (χ0v) is 16.6. The average molecular weight is 378 g/mol. The third-order valence-corrected chi connectivity index (χ3v) is 5.18. The highest BCUT2D eigenvalue weighted by molar-refractivity contribution is 5.97. The van der Waals surface area contributed by atoms with Crippen molar-refractivity contribution in [2.24, 2.45) is 11.8 Å². The quantitative estimate of drug-likeness (QED) is 0.685. The van der Waals surface area contributed by atoms with Crippen LogP contribution in [0.25, 0.3) is 0 Å². The molecule has 0 aliphatic carbocycles. The van der Waals surface area contributed by atoms with Crippen molar-refractivity contribution in [3.63, 3.8) is 0 Å². The van der Waals surface area contributed by atoms with Gasteiger partial charge in [-0.3, -0.25) is 9.59 Å². The van der Waals surface area contributed by atoms with Crippen LogP contribution in [0.2, 0.25) is 0 Å². The monoisotopic (exact) mass is 377 g/mol. The van der Waals surface area contributed by atoms with Gasteiger partial charge in [0.05, 0.1) is 5.56 Å². The zero-order valence-electron chi connectivity index (χ0n) is 16.6. The molecule has 1 aliphatic rings. The van der Waals surface area contributed by atoms with Crippen molar-refractivity contribution in [2.45, 2.75) is 46.1 Å². The van der Waals surface area contributed by atoms with Crippen LogP contribution in [0.5, 0.6) is 0 Å². The minimum atomic E-state index is -0.687. The van der Waals surface area contributed by atoms with E-state index >= 15 is 0 Å². The number of hydrogen-bond acceptors (Lipinski definition) is 3. The van der Waals surface area contributed by atoms with E-state index in [1.807, 2.05) is 13.8 Å². The summed E-state index contributed by atoms with van der Waals surface area (Å²) in [7, 11) is 0. The number of likely N-dealkylation sites (tertiary alicyclic amines) is 1. The normalized spacial score (nSPS) is 16.9. The van der Waals surface area contributed by atoms with Crippen LogP contribution in [0.4, 0.5) is 4.39 Å². The smallest absolute Gasteiger partial charge is 0.254 e. The predicted octanol–water partition coefficient (Wildman–Crippen LogP) is 2.82. The van der Waals surface area contributed by atoms with Crippen molar-refractivity contribution in [1.82, 2.24) is 15.5 Å². The molecule has 0 radical (unpaired) electrons. The predicted molar refractivity (Wildman–Crippen MR) is 105 cm³/mol. The van der Waals surface area contributed by atoms with E-state index in [-0.39, 0.29) is 17.4 Å². The first-order valence-electron chi connectivity index (χ1n) is 9.94. The molecule has 1 atom stereocenters. The largest absolute Gasteiger partial charge is 0.354 e. The first kappa shape index (κ1) is 21.4. The molecule has 1 saturated heterocycles. The number of amides is 2. The van der Waals surface area contributed by atoms with Gasteiger partial charge in [-0.1, -0.05) is 32.9 Å². The molecule has 5 nitrogen and oxygen atoms in total. The van der Waals surface area contributed by atoms with Crippen molar-refractivity contribution in [2.75, 3.05) is 26.2 Å². The van der Waals surface area contributed by atoms with Crippen LogP contribution < -0.4 is 10.6 Å². The molecule has 1 aromatic rings. The molecule has 1 heterocycles. The maximum absolute atomic E-state index is 13.8. The highest BCUT2D eigenvalue weighted by Crippen LogP contribution is 2.15. The SMILES string of the molecule is CC1CCN(CCCNC(=O)C(NC(=O)c2ccccc2F)C(C)C)CC1. The first-order valence-corrected chi connectivity index (χ1v) is 9.94. The van der Waals surface area contributed by atoms with E-state index in [0.717, 1.165) is 32.0 Å². The van der Waals surface area contributed by atoms with Crippen molar-refractivity contribution in [1.29, 1.82) is 0 Å². The lowest BCUT2D eigenvalue weighted by Gasteiger charge is -2.30. The molecule has 27 heavy (non-hydrogen) atoms. The van der Waals surface area contributed by atoms with Gasteiger partial charge in [-0.15, -0.1) is 0 Å². The van der Waals surface area contributed by atoms with Crippen LogP contribution in [0.15, 0.2) is 24.3 Å². The van der Waals surface area contributed by atoms with Gasteiger partial charge in [-0.05, 0) is 62.9 Å². The van der Waals surface area contributed by atoms with Gasteiger partial charge >= 0.3 is 0 Å². The number of carbonyl (C=O) groups excluding carboxylic acids is 2. The van der Waals surface area contributed by atoms with Crippen LogP contribution >= 0.6 is 0 Å². The van der Waals surface area contributed by atoms with Gasteiger partial charge in [-0.2, -0.15) is 0 Å². The Morgan fingerprint density at radius 2 is 1.89 bits per heavy atom. The van der Waals surface area contributed by atoms with Gasteiger partial charge in [0.15, 0.2) is 0 Å². The molecule has 2 amide bonds. The van der Waals surface area contributed by atoms with Gasteiger partial charge in [0.25, 0.3) is 5.91 Å². The number of rotatable bonds is 8. The third-order valence-electron chi connectivity index (χ3n) is 5.18. The summed E-state index contributed by atoms with van der Waals surface area (Å²) in [5, 5.41) is 5.58. The van der Waals surface area contributed by atoms with E-state index in [0.29, 0.717) is 6.54 Å². The summed E-state index contributed by atoms with van der Waals surface area (Å²) in [4.78, 5) is 27.2. The van der Waals surface area contributed by atoms with Crippen LogP contribution in [0.3, 0.4) is 0 Å². The molecular formula is C21H32FN3O2. The summed E-state index contributed by atoms with van der Waals surface area (Å²) in [5.74, 6) is -0.657. The Labute approximate surface area is 161 Å². The molecule has 1 unspecified atom stereocenters. The van der Waals surface area contributed by atoms with E-state index in [1.54, 1.807) is 6.07 Å². The maximum atomic E-state index is 13.8. The van der Waals surface area contributed by atoms with Crippen LogP contribution in [0, 0.1) is 17.7 Å². The summed E-state index contributed by atoms with van der Waals surface area (Å²) in [6.45, 7) is 9.82. The van der Waals surface area contributed by atoms with E-state index < -0.39 is 17.8 Å². The van der Waals surface area contributed by atoms with Crippen molar-refractivity contribution < 1.29 is 14.0 Å². The Hall–Kier alpha value is -1.95. The zero-order chi connectivity index (χ0) is 19.8. The number of nitrogens with one attached hydrogen (secondary N) is 2. The molecule has 6 heteroatoms. The van der Waals surface area contributed by atoms with Crippen molar-refractivity contribution in [3.8, 4) is 0 Å². The number of nitrogens with zero attached hydrogens (tertiary/aromatic N) is 1. The minimum Gasteiger partial charge on any atom is -0.354 e. The fourth-order valence-electron chi connectivity index (χ4n) is 3.31. The van der Waals surface area contributed by atoms with Gasteiger partial charge in [0.2, 0.25) is 5.91 Å². The summed E-state index contributed by atoms with van der Waals surface area (Å²) in [6, 6.07) is 5.10. The Kier molecular flexibility index (Phi) is 8.23. The lowest BCUT2D eigenvalue weighted by Crippen LogP contribution is -2.50. The summed E-state index contributed by atoms with van der Waals surface area (Å²) in [6.07, 6.45) is 3.36. The highest BCUT2D eigenvalue weighted by Gasteiger charge is 2.25. The van der Waals surface area contributed by atoms with E-state index in [4.69, 9.17) is 0 Å². The summed E-state index contributed by atoms with van der Waals surface area (Å²) < 4.78 is 13.8. The van der Waals surface area contributed by atoms with E-state index in [9.17, 15) is 14.0 Å². The van der Waals surface area contributed by atoms with Gasteiger partial charge in [0.1, 0.15) is 11.9 Å². The molecule has 150 valence electrons. The molecule has 1 aromatic carbocycles. The number of carbonyl (C=O) groups is 2. The van der Waals surface area contributed by atoms with Crippen LogP contribution in [0.1, 0.15) is 50.4 Å². The molecule has 0 saturated carbocycles. The second kappa shape index (κ2) is 10.4. The fourth-order valence-corrected chi connectivity index (χ4v) is 3.31. The van der Waals surface area contributed by atoms with Crippen LogP contribution in [-0.2, 0) is 4.79 Å². The lowest BCUT2D eigenvalue weighted by molar-refractivity contribution is -0.123. The topological polar surface area (TPSA) is 61.4 Å². The van der Waals surface area contributed by atoms with Crippen molar-refractivity contribution in [3.05, 3.63) is 35.6 Å². The second-order valence-corrected chi connectivity index (χ2v) is 7.84. The Morgan fingerprint density at radius 3 is 2.52 bits per heavy atom. The first-order chi connectivity index (χ1) is 12.9. The van der Waals surface area contributed by atoms with Crippen molar-refractivity contribution >= 4 is 11.8 Å². The molecular weight excluding hydrogens is 345 g/mol. The maximum Gasteiger partial charge on any atom is 0.254 e. The fraction of sp³-hybridized carbons (Fsp3) is 0.619. The second-order valence-electron chi connectivity index (χ2n) is 7.84. The molecule has 2 rings (SSSR count). The molecule has 0 bridgehead atoms. The lowest BCUT2D eigenvalue weighted by atomic mass is 9.99. The van der Waals surface area contributed by atoms with Gasteiger partial charge in [-0.25, -0.2) is 4.39 Å². The third kappa shape index (κ3) is 6.61. The number of benzene rings is 1. The summed E-state index contributed by atoms with van der Waals surface area (Å²) >= 11 is 0.